The van der Waals surface area contributed by atoms with Crippen LogP contribution in [0.3, 0.4) is 0 Å². The van der Waals surface area contributed by atoms with Gasteiger partial charge in [0.1, 0.15) is 5.84 Å². The summed E-state index contributed by atoms with van der Waals surface area (Å²) in [6.07, 6.45) is 3.19. The van der Waals surface area contributed by atoms with Gasteiger partial charge in [0.15, 0.2) is 11.3 Å². The molecule has 1 heterocycles. The number of aliphatic imine (C=N–C) groups is 1. The normalized spacial score (nSPS) is 26.3. The van der Waals surface area contributed by atoms with Crippen molar-refractivity contribution >= 4 is 11.7 Å². The van der Waals surface area contributed by atoms with Crippen LogP contribution in [-0.4, -0.2) is 11.7 Å². The Hall–Kier alpha value is -2.34. The molecule has 1 amide bonds. The smallest absolute Gasteiger partial charge is 0.237 e. The molecule has 0 fully saturated rings. The van der Waals surface area contributed by atoms with Gasteiger partial charge < -0.3 is 11.5 Å². The fourth-order valence-corrected chi connectivity index (χ4v) is 2.79. The lowest BCUT2D eigenvalue weighted by atomic mass is 9.67. The second-order valence-corrected chi connectivity index (χ2v) is 4.49. The molecule has 0 aromatic carbocycles. The fourth-order valence-electron chi connectivity index (χ4n) is 2.79. The maximum absolute atomic E-state index is 11.9. The van der Waals surface area contributed by atoms with Crippen molar-refractivity contribution in [3.05, 3.63) is 11.3 Å². The summed E-state index contributed by atoms with van der Waals surface area (Å²) in [6.45, 7) is 0. The molecule has 0 radical (unpaired) electrons. The molecule has 6 heteroatoms. The molecule has 4 N–H and O–H groups in total. The van der Waals surface area contributed by atoms with Gasteiger partial charge in [-0.1, -0.05) is 0 Å². The third-order valence-corrected chi connectivity index (χ3v) is 3.65. The van der Waals surface area contributed by atoms with Gasteiger partial charge in [-0.25, -0.2) is 4.99 Å². The van der Waals surface area contributed by atoms with E-state index in [-0.39, 0.29) is 5.84 Å². The third-order valence-electron chi connectivity index (χ3n) is 3.65. The van der Waals surface area contributed by atoms with Crippen LogP contribution in [0.25, 0.3) is 0 Å². The Morgan fingerprint density at radius 3 is 2.50 bits per heavy atom. The monoisotopic (exact) mass is 243 g/mol. The molecule has 18 heavy (non-hydrogen) atoms. The Morgan fingerprint density at radius 1 is 1.33 bits per heavy atom. The molecule has 0 spiro atoms. The molecule has 1 unspecified atom stereocenters. The molecule has 2 rings (SSSR count). The Balaban J connectivity index is 2.65. The first kappa shape index (κ1) is 12.1. The average Bonchev–Trinajstić information content (AvgIpc) is 2.65. The molecule has 0 saturated heterocycles. The Bertz CT molecular complexity index is 534. The summed E-state index contributed by atoms with van der Waals surface area (Å²) in [7, 11) is 0. The summed E-state index contributed by atoms with van der Waals surface area (Å²) >= 11 is 0. The molecule has 0 aromatic rings. The largest absolute Gasteiger partial charge is 0.386 e. The van der Waals surface area contributed by atoms with E-state index in [2.05, 4.69) is 4.99 Å². The standard InChI is InChI=1S/C12H13N5O/c13-5-7(6-14)12(11(16)18)8-3-1-2-4-9(8)17-10(12)15/h7H,1-4H2,(H2,15,17)(H2,16,18). The first-order valence-electron chi connectivity index (χ1n) is 5.75. The molecule has 1 atom stereocenters. The van der Waals surface area contributed by atoms with E-state index < -0.39 is 17.2 Å². The molecule has 1 aliphatic heterocycles. The van der Waals surface area contributed by atoms with Crippen molar-refractivity contribution in [3.63, 3.8) is 0 Å². The number of primary amides is 1. The molecule has 0 saturated carbocycles. The lowest BCUT2D eigenvalue weighted by Crippen LogP contribution is -2.52. The Morgan fingerprint density at radius 2 is 1.94 bits per heavy atom. The number of allylic oxidation sites excluding steroid dienone is 1. The minimum atomic E-state index is -1.51. The van der Waals surface area contributed by atoms with Gasteiger partial charge in [-0.2, -0.15) is 10.5 Å². The van der Waals surface area contributed by atoms with Crippen LogP contribution >= 0.6 is 0 Å². The van der Waals surface area contributed by atoms with E-state index in [1.54, 1.807) is 0 Å². The molecule has 92 valence electrons. The first-order chi connectivity index (χ1) is 8.58. The van der Waals surface area contributed by atoms with Crippen molar-refractivity contribution in [2.75, 3.05) is 0 Å². The summed E-state index contributed by atoms with van der Waals surface area (Å²) < 4.78 is 0. The first-order valence-corrected chi connectivity index (χ1v) is 5.75. The van der Waals surface area contributed by atoms with Crippen LogP contribution in [0.2, 0.25) is 0 Å². The second kappa shape index (κ2) is 4.15. The van der Waals surface area contributed by atoms with Gasteiger partial charge in [0, 0.05) is 5.70 Å². The van der Waals surface area contributed by atoms with Crippen molar-refractivity contribution in [1.29, 1.82) is 10.5 Å². The van der Waals surface area contributed by atoms with Gasteiger partial charge in [0.2, 0.25) is 5.91 Å². The number of amidine groups is 1. The van der Waals surface area contributed by atoms with Crippen LogP contribution < -0.4 is 11.5 Å². The molecule has 0 aromatic heterocycles. The predicted molar refractivity (Wildman–Crippen MR) is 63.5 cm³/mol. The molecule has 6 nitrogen and oxygen atoms in total. The van der Waals surface area contributed by atoms with Crippen LogP contribution in [-0.2, 0) is 4.79 Å². The average molecular weight is 243 g/mol. The highest BCUT2D eigenvalue weighted by molar-refractivity contribution is 6.12. The van der Waals surface area contributed by atoms with Gasteiger partial charge in [-0.05, 0) is 31.3 Å². The number of carbonyl (C=O) groups is 1. The molecule has 1 aliphatic carbocycles. The maximum atomic E-state index is 11.9. The highest BCUT2D eigenvalue weighted by Gasteiger charge is 2.55. The Kier molecular flexibility index (Phi) is 2.80. The number of hydrogen-bond acceptors (Lipinski definition) is 5. The van der Waals surface area contributed by atoms with Gasteiger partial charge >= 0.3 is 0 Å². The van der Waals surface area contributed by atoms with Crippen LogP contribution in [0.15, 0.2) is 16.3 Å². The number of amides is 1. The minimum Gasteiger partial charge on any atom is -0.386 e. The molecule has 0 bridgehead atoms. The van der Waals surface area contributed by atoms with Crippen molar-refractivity contribution < 1.29 is 4.79 Å². The number of hydrogen-bond donors (Lipinski definition) is 2. The summed E-state index contributed by atoms with van der Waals surface area (Å²) in [5.41, 5.74) is 11.2. The summed E-state index contributed by atoms with van der Waals surface area (Å²) in [5.74, 6) is -1.98. The number of carbonyl (C=O) groups excluding carboxylic acids is 1. The van der Waals surface area contributed by atoms with Crippen molar-refractivity contribution in [2.45, 2.75) is 25.7 Å². The third kappa shape index (κ3) is 1.32. The second-order valence-electron chi connectivity index (χ2n) is 4.49. The van der Waals surface area contributed by atoms with Crippen LogP contribution in [0.1, 0.15) is 25.7 Å². The van der Waals surface area contributed by atoms with E-state index in [9.17, 15) is 4.79 Å². The van der Waals surface area contributed by atoms with E-state index in [0.717, 1.165) is 18.5 Å². The fraction of sp³-hybridized carbons (Fsp3) is 0.500. The van der Waals surface area contributed by atoms with E-state index in [1.165, 1.54) is 0 Å². The molecular weight excluding hydrogens is 230 g/mol. The topological polar surface area (TPSA) is 129 Å². The van der Waals surface area contributed by atoms with Crippen LogP contribution in [0, 0.1) is 34.0 Å². The van der Waals surface area contributed by atoms with E-state index in [1.807, 2.05) is 12.1 Å². The number of nitrogens with zero attached hydrogens (tertiary/aromatic N) is 3. The zero-order valence-electron chi connectivity index (χ0n) is 9.81. The van der Waals surface area contributed by atoms with Gasteiger partial charge in [-0.3, -0.25) is 4.79 Å². The van der Waals surface area contributed by atoms with Crippen molar-refractivity contribution in [3.8, 4) is 12.1 Å². The van der Waals surface area contributed by atoms with Gasteiger partial charge in [0.05, 0.1) is 12.1 Å². The van der Waals surface area contributed by atoms with Crippen molar-refractivity contribution in [1.82, 2.24) is 0 Å². The number of nitrogens with two attached hydrogens (primary N) is 2. The van der Waals surface area contributed by atoms with Gasteiger partial charge in [-0.15, -0.1) is 0 Å². The highest BCUT2D eigenvalue weighted by atomic mass is 16.1. The maximum Gasteiger partial charge on any atom is 0.237 e. The zero-order valence-corrected chi connectivity index (χ0v) is 9.81. The zero-order chi connectivity index (χ0) is 13.3. The SMILES string of the molecule is N#CC(C#N)C1(C(N)=O)C(N)=NC2=C1CCCC2. The summed E-state index contributed by atoms with van der Waals surface area (Å²) in [4.78, 5) is 16.0. The van der Waals surface area contributed by atoms with E-state index in [0.29, 0.717) is 18.4 Å². The number of rotatable bonds is 2. The van der Waals surface area contributed by atoms with Crippen LogP contribution in [0.5, 0.6) is 0 Å². The lowest BCUT2D eigenvalue weighted by Gasteiger charge is -2.31. The number of nitriles is 2. The lowest BCUT2D eigenvalue weighted by molar-refractivity contribution is -0.123. The quantitative estimate of drug-likeness (QED) is 0.723. The van der Waals surface area contributed by atoms with E-state index in [4.69, 9.17) is 22.0 Å². The van der Waals surface area contributed by atoms with Crippen LogP contribution in [0.4, 0.5) is 0 Å². The summed E-state index contributed by atoms with van der Waals surface area (Å²) in [5, 5.41) is 18.2. The predicted octanol–water partition coefficient (Wildman–Crippen LogP) is 0.320. The molecular formula is C12H13N5O. The van der Waals surface area contributed by atoms with Crippen molar-refractivity contribution in [2.24, 2.45) is 27.8 Å². The van der Waals surface area contributed by atoms with Gasteiger partial charge in [0.25, 0.3) is 0 Å². The highest BCUT2D eigenvalue weighted by Crippen LogP contribution is 2.47. The Labute approximate surface area is 105 Å². The summed E-state index contributed by atoms with van der Waals surface area (Å²) in [6, 6.07) is 3.64. The molecule has 2 aliphatic rings. The van der Waals surface area contributed by atoms with E-state index >= 15 is 0 Å². The minimum absolute atomic E-state index is 0.00463.